The number of pyridine rings is 1. The van der Waals surface area contributed by atoms with E-state index in [4.69, 9.17) is 0 Å². The molecule has 108 valence electrons. The Balaban J connectivity index is 2.06. The van der Waals surface area contributed by atoms with E-state index in [0.29, 0.717) is 5.69 Å². The molecular weight excluding hydrogens is 285 g/mol. The monoisotopic (exact) mass is 300 g/mol. The maximum atomic E-state index is 12.4. The average Bonchev–Trinajstić information content (AvgIpc) is 2.87. The summed E-state index contributed by atoms with van der Waals surface area (Å²) in [6.45, 7) is 4.07. The second kappa shape index (κ2) is 5.83. The van der Waals surface area contributed by atoms with Crippen molar-refractivity contribution in [2.24, 2.45) is 0 Å². The van der Waals surface area contributed by atoms with Gasteiger partial charge >= 0.3 is 6.18 Å². The van der Waals surface area contributed by atoms with Crippen molar-refractivity contribution in [2.45, 2.75) is 32.5 Å². The molecule has 20 heavy (non-hydrogen) atoms. The molecule has 0 saturated carbocycles. The standard InChI is InChI=1S/C14H15F3N2S/c1-3-11-5-6-12(20-11)9(2)19-10-4-7-13(18-8-10)14(15,16)17/h4-9,19H,3H2,1-2H3. The van der Waals surface area contributed by atoms with Gasteiger partial charge in [-0.05, 0) is 37.6 Å². The van der Waals surface area contributed by atoms with Crippen LogP contribution in [0.3, 0.4) is 0 Å². The molecule has 1 unspecified atom stereocenters. The lowest BCUT2D eigenvalue weighted by molar-refractivity contribution is -0.141. The Labute approximate surface area is 119 Å². The van der Waals surface area contributed by atoms with E-state index in [1.165, 1.54) is 17.1 Å². The molecule has 0 aliphatic carbocycles. The third-order valence-electron chi connectivity index (χ3n) is 2.89. The summed E-state index contributed by atoms with van der Waals surface area (Å²) in [6, 6.07) is 6.54. The van der Waals surface area contributed by atoms with E-state index in [-0.39, 0.29) is 6.04 Å². The molecule has 0 aliphatic heterocycles. The highest BCUT2D eigenvalue weighted by molar-refractivity contribution is 7.12. The number of hydrogen-bond acceptors (Lipinski definition) is 3. The Hall–Kier alpha value is -1.56. The van der Waals surface area contributed by atoms with E-state index in [1.807, 2.05) is 13.0 Å². The topological polar surface area (TPSA) is 24.9 Å². The van der Waals surface area contributed by atoms with Crippen LogP contribution in [0.25, 0.3) is 0 Å². The van der Waals surface area contributed by atoms with E-state index >= 15 is 0 Å². The van der Waals surface area contributed by atoms with Gasteiger partial charge in [0, 0.05) is 9.75 Å². The molecular formula is C14H15F3N2S. The quantitative estimate of drug-likeness (QED) is 0.869. The number of rotatable bonds is 4. The van der Waals surface area contributed by atoms with Crippen molar-refractivity contribution in [3.8, 4) is 0 Å². The average molecular weight is 300 g/mol. The molecule has 0 fully saturated rings. The lowest BCUT2D eigenvalue weighted by atomic mass is 10.2. The number of halogens is 3. The fourth-order valence-electron chi connectivity index (χ4n) is 1.79. The normalized spacial score (nSPS) is 13.2. The molecule has 2 nitrogen and oxygen atoms in total. The van der Waals surface area contributed by atoms with Gasteiger partial charge in [-0.15, -0.1) is 11.3 Å². The second-order valence-corrected chi connectivity index (χ2v) is 5.65. The summed E-state index contributed by atoms with van der Waals surface area (Å²) in [7, 11) is 0. The highest BCUT2D eigenvalue weighted by Crippen LogP contribution is 2.29. The van der Waals surface area contributed by atoms with Crippen molar-refractivity contribution in [3.05, 3.63) is 45.9 Å². The van der Waals surface area contributed by atoms with Crippen LogP contribution in [0.5, 0.6) is 0 Å². The lowest BCUT2D eigenvalue weighted by Crippen LogP contribution is -2.09. The summed E-state index contributed by atoms with van der Waals surface area (Å²) in [5, 5.41) is 3.15. The Bertz CT molecular complexity index is 561. The van der Waals surface area contributed by atoms with Crippen molar-refractivity contribution in [2.75, 3.05) is 5.32 Å². The minimum absolute atomic E-state index is 0.0406. The van der Waals surface area contributed by atoms with Gasteiger partial charge in [-0.25, -0.2) is 4.98 Å². The minimum Gasteiger partial charge on any atom is -0.376 e. The van der Waals surface area contributed by atoms with Gasteiger partial charge in [-0.2, -0.15) is 13.2 Å². The van der Waals surface area contributed by atoms with Crippen LogP contribution in [-0.2, 0) is 12.6 Å². The molecule has 1 N–H and O–H groups in total. The molecule has 0 saturated heterocycles. The van der Waals surface area contributed by atoms with E-state index < -0.39 is 11.9 Å². The fourth-order valence-corrected chi connectivity index (χ4v) is 2.74. The second-order valence-electron chi connectivity index (χ2n) is 4.45. The van der Waals surface area contributed by atoms with Gasteiger partial charge < -0.3 is 5.32 Å². The summed E-state index contributed by atoms with van der Waals surface area (Å²) in [5.74, 6) is 0. The largest absolute Gasteiger partial charge is 0.433 e. The lowest BCUT2D eigenvalue weighted by Gasteiger charge is -2.14. The molecule has 2 rings (SSSR count). The highest BCUT2D eigenvalue weighted by Gasteiger charge is 2.32. The number of alkyl halides is 3. The first-order valence-electron chi connectivity index (χ1n) is 6.28. The van der Waals surface area contributed by atoms with Gasteiger partial charge in [0.2, 0.25) is 0 Å². The van der Waals surface area contributed by atoms with Crippen LogP contribution >= 0.6 is 11.3 Å². The van der Waals surface area contributed by atoms with Gasteiger partial charge in [0.15, 0.2) is 0 Å². The first-order valence-corrected chi connectivity index (χ1v) is 7.10. The molecule has 0 amide bonds. The number of anilines is 1. The molecule has 2 aromatic heterocycles. The SMILES string of the molecule is CCc1ccc(C(C)Nc2ccc(C(F)(F)F)nc2)s1. The summed E-state index contributed by atoms with van der Waals surface area (Å²) in [5.41, 5.74) is -0.294. The molecule has 1 atom stereocenters. The zero-order valence-corrected chi connectivity index (χ0v) is 12.0. The third kappa shape index (κ3) is 3.50. The van der Waals surface area contributed by atoms with E-state index in [9.17, 15) is 13.2 Å². The molecule has 2 heterocycles. The van der Waals surface area contributed by atoms with E-state index in [2.05, 4.69) is 23.3 Å². The van der Waals surface area contributed by atoms with Gasteiger partial charge in [-0.1, -0.05) is 6.92 Å². The van der Waals surface area contributed by atoms with Crippen LogP contribution in [-0.4, -0.2) is 4.98 Å². The Morgan fingerprint density at radius 1 is 1.25 bits per heavy atom. The summed E-state index contributed by atoms with van der Waals surface area (Å²) in [4.78, 5) is 5.88. The van der Waals surface area contributed by atoms with Crippen molar-refractivity contribution in [3.63, 3.8) is 0 Å². The molecule has 0 aromatic carbocycles. The Morgan fingerprint density at radius 3 is 2.50 bits per heavy atom. The fraction of sp³-hybridized carbons (Fsp3) is 0.357. The van der Waals surface area contributed by atoms with Crippen LogP contribution in [0.4, 0.5) is 18.9 Å². The summed E-state index contributed by atoms with van der Waals surface area (Å²) < 4.78 is 37.2. The highest BCUT2D eigenvalue weighted by atomic mass is 32.1. The smallest absolute Gasteiger partial charge is 0.376 e. The minimum atomic E-state index is -4.39. The third-order valence-corrected chi connectivity index (χ3v) is 4.31. The Morgan fingerprint density at radius 2 is 2.00 bits per heavy atom. The van der Waals surface area contributed by atoms with Crippen LogP contribution in [0.1, 0.15) is 35.3 Å². The maximum Gasteiger partial charge on any atom is 0.433 e. The first kappa shape index (κ1) is 14.8. The summed E-state index contributed by atoms with van der Waals surface area (Å²) in [6.07, 6.45) is -2.19. The van der Waals surface area contributed by atoms with Crippen LogP contribution in [0.2, 0.25) is 0 Å². The predicted octanol–water partition coefficient (Wildman–Crippen LogP) is 4.90. The van der Waals surface area contributed by atoms with Gasteiger partial charge in [-0.3, -0.25) is 0 Å². The molecule has 2 aromatic rings. The van der Waals surface area contributed by atoms with Gasteiger partial charge in [0.1, 0.15) is 5.69 Å². The van der Waals surface area contributed by atoms with Crippen LogP contribution in [0, 0.1) is 0 Å². The summed E-state index contributed by atoms with van der Waals surface area (Å²) >= 11 is 1.70. The van der Waals surface area contributed by atoms with Gasteiger partial charge in [0.05, 0.1) is 17.9 Å². The molecule has 0 bridgehead atoms. The zero-order chi connectivity index (χ0) is 14.8. The van der Waals surface area contributed by atoms with E-state index in [0.717, 1.165) is 17.4 Å². The van der Waals surface area contributed by atoms with Crippen molar-refractivity contribution >= 4 is 17.0 Å². The maximum absolute atomic E-state index is 12.4. The molecule has 0 radical (unpaired) electrons. The number of thiophene rings is 1. The number of nitrogens with zero attached hydrogens (tertiary/aromatic N) is 1. The van der Waals surface area contributed by atoms with Crippen molar-refractivity contribution < 1.29 is 13.2 Å². The van der Waals surface area contributed by atoms with Crippen LogP contribution in [0.15, 0.2) is 30.5 Å². The van der Waals surface area contributed by atoms with E-state index in [1.54, 1.807) is 11.3 Å². The van der Waals surface area contributed by atoms with Crippen LogP contribution < -0.4 is 5.32 Å². The number of aryl methyl sites for hydroxylation is 1. The zero-order valence-electron chi connectivity index (χ0n) is 11.2. The first-order chi connectivity index (χ1) is 9.40. The predicted molar refractivity (Wildman–Crippen MR) is 75.0 cm³/mol. The van der Waals surface area contributed by atoms with Crippen molar-refractivity contribution in [1.82, 2.24) is 4.98 Å². The Kier molecular flexibility index (Phi) is 4.32. The number of aromatic nitrogens is 1. The number of hydrogen-bond donors (Lipinski definition) is 1. The molecule has 6 heteroatoms. The molecule has 0 aliphatic rings. The number of nitrogens with one attached hydrogen (secondary N) is 1. The van der Waals surface area contributed by atoms with Gasteiger partial charge in [0.25, 0.3) is 0 Å². The van der Waals surface area contributed by atoms with Crippen molar-refractivity contribution in [1.29, 1.82) is 0 Å². The molecule has 0 spiro atoms.